The summed E-state index contributed by atoms with van der Waals surface area (Å²) in [6, 6.07) is 3.97. The molecule has 0 spiro atoms. The van der Waals surface area contributed by atoms with E-state index in [1.165, 1.54) is 12.5 Å². The fraction of sp³-hybridized carbons (Fsp3) is 0.579. The zero-order chi connectivity index (χ0) is 19.0. The van der Waals surface area contributed by atoms with Crippen LogP contribution < -0.4 is 16.2 Å². The molecule has 0 bridgehead atoms. The lowest BCUT2D eigenvalue weighted by atomic mass is 9.84. The first-order chi connectivity index (χ1) is 13.0. The maximum absolute atomic E-state index is 13.7. The van der Waals surface area contributed by atoms with Gasteiger partial charge < -0.3 is 10.2 Å². The molecule has 2 amide bonds. The van der Waals surface area contributed by atoms with Crippen molar-refractivity contribution in [1.29, 1.82) is 0 Å². The fourth-order valence-corrected chi connectivity index (χ4v) is 4.52. The van der Waals surface area contributed by atoms with Crippen molar-refractivity contribution < 1.29 is 18.4 Å². The van der Waals surface area contributed by atoms with E-state index in [0.29, 0.717) is 18.5 Å². The van der Waals surface area contributed by atoms with E-state index in [4.69, 9.17) is 0 Å². The second-order valence-electron chi connectivity index (χ2n) is 7.65. The molecule has 146 valence electrons. The number of hydrogen-bond donors (Lipinski definition) is 3. The van der Waals surface area contributed by atoms with Crippen LogP contribution in [0.2, 0.25) is 0 Å². The number of rotatable bonds is 4. The van der Waals surface area contributed by atoms with Crippen LogP contribution in [0, 0.1) is 23.5 Å². The highest BCUT2D eigenvalue weighted by Gasteiger charge is 2.46. The molecule has 4 rings (SSSR count). The van der Waals surface area contributed by atoms with Gasteiger partial charge in [0.25, 0.3) is 0 Å². The van der Waals surface area contributed by atoms with E-state index >= 15 is 0 Å². The zero-order valence-corrected chi connectivity index (χ0v) is 15.0. The standard InChI is InChI=1S/C19H24F2N4O2/c20-14-5-3-6-15(21)13(14)9-22-19(27)11-8-17(26)25(10-11)18-12-4-1-2-7-16(12)23-24-18/h3,5-6,11-12,16,18,23-24H,1-2,4,7-10H2,(H,22,27). The van der Waals surface area contributed by atoms with E-state index in [2.05, 4.69) is 16.2 Å². The molecule has 1 aromatic rings. The van der Waals surface area contributed by atoms with Crippen molar-refractivity contribution in [3.63, 3.8) is 0 Å². The summed E-state index contributed by atoms with van der Waals surface area (Å²) in [7, 11) is 0. The Hall–Kier alpha value is -2.06. The van der Waals surface area contributed by atoms with Gasteiger partial charge in [0.05, 0.1) is 12.1 Å². The zero-order valence-electron chi connectivity index (χ0n) is 15.0. The summed E-state index contributed by atoms with van der Waals surface area (Å²) >= 11 is 0. The van der Waals surface area contributed by atoms with Crippen LogP contribution in [0.4, 0.5) is 8.78 Å². The lowest BCUT2D eigenvalue weighted by Crippen LogP contribution is -2.48. The van der Waals surface area contributed by atoms with Crippen molar-refractivity contribution in [3.8, 4) is 0 Å². The molecule has 1 aliphatic carbocycles. The summed E-state index contributed by atoms with van der Waals surface area (Å²) in [6.45, 7) is 0.100. The molecule has 1 aromatic carbocycles. The molecule has 2 aliphatic heterocycles. The lowest BCUT2D eigenvalue weighted by Gasteiger charge is -2.32. The number of hydrogen-bond acceptors (Lipinski definition) is 4. The summed E-state index contributed by atoms with van der Waals surface area (Å²) < 4.78 is 27.4. The molecule has 0 radical (unpaired) electrons. The number of halogens is 2. The van der Waals surface area contributed by atoms with E-state index in [-0.39, 0.29) is 36.5 Å². The highest BCUT2D eigenvalue weighted by atomic mass is 19.1. The predicted molar refractivity (Wildman–Crippen MR) is 93.8 cm³/mol. The van der Waals surface area contributed by atoms with Crippen molar-refractivity contribution >= 4 is 11.8 Å². The number of fused-ring (bicyclic) bond motifs is 1. The monoisotopic (exact) mass is 378 g/mol. The van der Waals surface area contributed by atoms with Gasteiger partial charge in [0.15, 0.2) is 0 Å². The Morgan fingerprint density at radius 3 is 2.70 bits per heavy atom. The van der Waals surface area contributed by atoms with Gasteiger partial charge in [-0.2, -0.15) is 0 Å². The first kappa shape index (κ1) is 18.3. The third kappa shape index (κ3) is 3.55. The van der Waals surface area contributed by atoms with E-state index in [0.717, 1.165) is 31.4 Å². The van der Waals surface area contributed by atoms with Gasteiger partial charge in [0.2, 0.25) is 11.8 Å². The Morgan fingerprint density at radius 1 is 1.19 bits per heavy atom. The topological polar surface area (TPSA) is 73.5 Å². The van der Waals surface area contributed by atoms with Crippen LogP contribution in [0.25, 0.3) is 0 Å². The molecule has 4 atom stereocenters. The summed E-state index contributed by atoms with van der Waals surface area (Å²) in [5.74, 6) is -1.93. The molecule has 2 heterocycles. The van der Waals surface area contributed by atoms with Gasteiger partial charge in [0, 0.05) is 37.0 Å². The molecule has 1 saturated carbocycles. The van der Waals surface area contributed by atoms with Crippen molar-refractivity contribution in [3.05, 3.63) is 35.4 Å². The SMILES string of the molecule is O=C(NCc1c(F)cccc1F)C1CC(=O)N(C2NNC3CCCCC32)C1. The molecular weight excluding hydrogens is 354 g/mol. The van der Waals surface area contributed by atoms with Gasteiger partial charge >= 0.3 is 0 Å². The number of amides is 2. The summed E-state index contributed by atoms with van der Waals surface area (Å²) in [5.41, 5.74) is 6.34. The smallest absolute Gasteiger partial charge is 0.225 e. The molecular formula is C19H24F2N4O2. The molecule has 3 N–H and O–H groups in total. The third-order valence-corrected chi connectivity index (χ3v) is 6.01. The maximum atomic E-state index is 13.7. The van der Waals surface area contributed by atoms with Crippen LogP contribution in [0.3, 0.4) is 0 Å². The van der Waals surface area contributed by atoms with Crippen LogP contribution in [0.15, 0.2) is 18.2 Å². The Morgan fingerprint density at radius 2 is 1.93 bits per heavy atom. The molecule has 0 aromatic heterocycles. The lowest BCUT2D eigenvalue weighted by molar-refractivity contribution is -0.131. The van der Waals surface area contributed by atoms with Crippen molar-refractivity contribution in [1.82, 2.24) is 21.1 Å². The molecule has 8 heteroatoms. The van der Waals surface area contributed by atoms with Crippen molar-refractivity contribution in [2.45, 2.75) is 50.9 Å². The number of likely N-dealkylation sites (tertiary alicyclic amines) is 1. The van der Waals surface area contributed by atoms with E-state index < -0.39 is 17.6 Å². The van der Waals surface area contributed by atoms with Gasteiger partial charge in [-0.05, 0) is 25.0 Å². The first-order valence-corrected chi connectivity index (χ1v) is 9.55. The highest BCUT2D eigenvalue weighted by Crippen LogP contribution is 2.34. The average Bonchev–Trinajstić information content (AvgIpc) is 3.24. The quantitative estimate of drug-likeness (QED) is 0.741. The molecule has 2 saturated heterocycles. The fourth-order valence-electron chi connectivity index (χ4n) is 4.52. The largest absolute Gasteiger partial charge is 0.351 e. The molecule has 3 fully saturated rings. The summed E-state index contributed by atoms with van der Waals surface area (Å²) in [4.78, 5) is 26.7. The highest BCUT2D eigenvalue weighted by molar-refractivity contribution is 5.89. The van der Waals surface area contributed by atoms with E-state index in [1.807, 2.05) is 0 Å². The minimum absolute atomic E-state index is 0.0576. The number of carbonyl (C=O) groups is 2. The molecule has 27 heavy (non-hydrogen) atoms. The number of hydrazine groups is 1. The van der Waals surface area contributed by atoms with Crippen molar-refractivity contribution in [2.24, 2.45) is 11.8 Å². The minimum atomic E-state index is -0.691. The second-order valence-corrected chi connectivity index (χ2v) is 7.65. The van der Waals surface area contributed by atoms with Gasteiger partial charge in [0.1, 0.15) is 11.6 Å². The normalized spacial score (nSPS) is 30.4. The predicted octanol–water partition coefficient (Wildman–Crippen LogP) is 1.42. The summed E-state index contributed by atoms with van der Waals surface area (Å²) in [5, 5.41) is 2.58. The number of carbonyl (C=O) groups excluding carboxylic acids is 2. The molecule has 3 aliphatic rings. The van der Waals surface area contributed by atoms with E-state index in [1.54, 1.807) is 4.90 Å². The Bertz CT molecular complexity index is 724. The van der Waals surface area contributed by atoms with E-state index in [9.17, 15) is 18.4 Å². The maximum Gasteiger partial charge on any atom is 0.225 e. The second kappa shape index (κ2) is 7.52. The Balaban J connectivity index is 1.37. The minimum Gasteiger partial charge on any atom is -0.351 e. The van der Waals surface area contributed by atoms with Crippen LogP contribution in [0.5, 0.6) is 0 Å². The number of nitrogens with zero attached hydrogens (tertiary/aromatic N) is 1. The Kier molecular flexibility index (Phi) is 5.10. The molecule has 6 nitrogen and oxygen atoms in total. The average molecular weight is 378 g/mol. The Labute approximate surface area is 156 Å². The number of benzene rings is 1. The van der Waals surface area contributed by atoms with Crippen LogP contribution in [-0.4, -0.2) is 35.5 Å². The van der Waals surface area contributed by atoms with Gasteiger partial charge in [-0.1, -0.05) is 18.9 Å². The third-order valence-electron chi connectivity index (χ3n) is 6.01. The van der Waals surface area contributed by atoms with Crippen molar-refractivity contribution in [2.75, 3.05) is 6.54 Å². The van der Waals surface area contributed by atoms with Gasteiger partial charge in [-0.15, -0.1) is 0 Å². The molecule has 4 unspecified atom stereocenters. The first-order valence-electron chi connectivity index (χ1n) is 9.55. The number of nitrogens with one attached hydrogen (secondary N) is 3. The summed E-state index contributed by atoms with van der Waals surface area (Å²) in [6.07, 6.45) is 4.53. The van der Waals surface area contributed by atoms with Crippen LogP contribution in [0.1, 0.15) is 37.7 Å². The van der Waals surface area contributed by atoms with Crippen LogP contribution >= 0.6 is 0 Å². The van der Waals surface area contributed by atoms with Gasteiger partial charge in [-0.3, -0.25) is 15.0 Å². The van der Waals surface area contributed by atoms with Crippen LogP contribution in [-0.2, 0) is 16.1 Å². The van der Waals surface area contributed by atoms with Gasteiger partial charge in [-0.25, -0.2) is 14.2 Å².